The molecular weight excluding hydrogens is 288 g/mol. The summed E-state index contributed by atoms with van der Waals surface area (Å²) in [4.78, 5) is 32.6. The highest BCUT2D eigenvalue weighted by atomic mass is 16.6. The lowest BCUT2D eigenvalue weighted by molar-refractivity contribution is -0.384. The van der Waals surface area contributed by atoms with E-state index in [2.05, 4.69) is 5.32 Å². The van der Waals surface area contributed by atoms with Crippen molar-refractivity contribution in [3.05, 3.63) is 69.8 Å². The molecule has 2 aromatic carbocycles. The average molecular weight is 300 g/mol. The number of aromatic carboxylic acids is 1. The van der Waals surface area contributed by atoms with Crippen LogP contribution >= 0.6 is 0 Å². The molecule has 0 aliphatic rings. The molecule has 0 bridgehead atoms. The zero-order valence-electron chi connectivity index (χ0n) is 11.4. The first-order chi connectivity index (χ1) is 10.5. The maximum Gasteiger partial charge on any atom is 0.335 e. The van der Waals surface area contributed by atoms with Crippen LogP contribution in [0.15, 0.2) is 48.5 Å². The molecule has 7 nitrogen and oxygen atoms in total. The van der Waals surface area contributed by atoms with E-state index in [9.17, 15) is 19.7 Å². The van der Waals surface area contributed by atoms with Gasteiger partial charge in [-0.3, -0.25) is 14.9 Å². The van der Waals surface area contributed by atoms with Gasteiger partial charge in [0.25, 0.3) is 5.69 Å². The Morgan fingerprint density at radius 2 is 1.64 bits per heavy atom. The standard InChI is InChI=1S/C15H12N2O5/c18-14(9-10-1-7-13(8-2-10)17(21)22)16-12-5-3-11(4-6-12)15(19)20/h1-8H,9H2,(H,16,18)(H,19,20). The maximum absolute atomic E-state index is 11.9. The van der Waals surface area contributed by atoms with Crippen LogP contribution in [0.3, 0.4) is 0 Å². The van der Waals surface area contributed by atoms with Gasteiger partial charge < -0.3 is 10.4 Å². The first-order valence-electron chi connectivity index (χ1n) is 6.32. The number of anilines is 1. The van der Waals surface area contributed by atoms with E-state index in [1.807, 2.05) is 0 Å². The zero-order valence-corrected chi connectivity index (χ0v) is 11.4. The Labute approximate surface area is 125 Å². The number of amides is 1. The van der Waals surface area contributed by atoms with Crippen molar-refractivity contribution in [3.8, 4) is 0 Å². The zero-order chi connectivity index (χ0) is 16.1. The molecule has 7 heteroatoms. The number of non-ortho nitro benzene ring substituents is 1. The van der Waals surface area contributed by atoms with E-state index in [0.29, 0.717) is 11.3 Å². The molecule has 0 spiro atoms. The number of nitro groups is 1. The van der Waals surface area contributed by atoms with Crippen molar-refractivity contribution in [2.45, 2.75) is 6.42 Å². The highest BCUT2D eigenvalue weighted by Gasteiger charge is 2.08. The fourth-order valence-electron chi connectivity index (χ4n) is 1.82. The molecule has 112 valence electrons. The van der Waals surface area contributed by atoms with Crippen LogP contribution in [0.5, 0.6) is 0 Å². The summed E-state index contributed by atoms with van der Waals surface area (Å²) < 4.78 is 0. The molecule has 0 radical (unpaired) electrons. The van der Waals surface area contributed by atoms with Gasteiger partial charge in [0.2, 0.25) is 5.91 Å². The summed E-state index contributed by atoms with van der Waals surface area (Å²) in [5, 5.41) is 21.9. The minimum atomic E-state index is -1.04. The van der Waals surface area contributed by atoms with Crippen molar-refractivity contribution in [2.24, 2.45) is 0 Å². The lowest BCUT2D eigenvalue weighted by Crippen LogP contribution is -2.14. The number of carbonyl (C=O) groups is 2. The Bertz CT molecular complexity index is 646. The Morgan fingerprint density at radius 1 is 1.05 bits per heavy atom. The van der Waals surface area contributed by atoms with Crippen molar-refractivity contribution in [1.82, 2.24) is 0 Å². The normalized spacial score (nSPS) is 10.0. The molecule has 0 saturated heterocycles. The van der Waals surface area contributed by atoms with E-state index in [1.54, 1.807) is 0 Å². The second-order valence-corrected chi connectivity index (χ2v) is 4.53. The predicted octanol–water partition coefficient (Wildman–Crippen LogP) is 2.47. The number of benzene rings is 2. The lowest BCUT2D eigenvalue weighted by Gasteiger charge is -2.05. The molecule has 0 fully saturated rings. The van der Waals surface area contributed by atoms with E-state index >= 15 is 0 Å². The van der Waals surface area contributed by atoms with E-state index < -0.39 is 10.9 Å². The SMILES string of the molecule is O=C(Cc1ccc([N+](=O)[O-])cc1)Nc1ccc(C(=O)O)cc1. The van der Waals surface area contributed by atoms with Gasteiger partial charge in [-0.2, -0.15) is 0 Å². The molecule has 2 aromatic rings. The third-order valence-electron chi connectivity index (χ3n) is 2.93. The number of nitro benzene ring substituents is 1. The monoisotopic (exact) mass is 300 g/mol. The third-order valence-corrected chi connectivity index (χ3v) is 2.93. The van der Waals surface area contributed by atoms with Crippen LogP contribution in [0.1, 0.15) is 15.9 Å². The highest BCUT2D eigenvalue weighted by molar-refractivity contribution is 5.93. The summed E-state index contributed by atoms with van der Waals surface area (Å²) in [6.45, 7) is 0. The fraction of sp³-hybridized carbons (Fsp3) is 0.0667. The summed E-state index contributed by atoms with van der Waals surface area (Å²) in [7, 11) is 0. The largest absolute Gasteiger partial charge is 0.478 e. The summed E-state index contributed by atoms with van der Waals surface area (Å²) >= 11 is 0. The number of carbonyl (C=O) groups excluding carboxylic acids is 1. The Hall–Kier alpha value is -3.22. The first-order valence-corrected chi connectivity index (χ1v) is 6.32. The van der Waals surface area contributed by atoms with Gasteiger partial charge in [0.15, 0.2) is 0 Å². The van der Waals surface area contributed by atoms with E-state index in [1.165, 1.54) is 48.5 Å². The van der Waals surface area contributed by atoms with Gasteiger partial charge in [0, 0.05) is 17.8 Å². The van der Waals surface area contributed by atoms with E-state index in [0.717, 1.165) is 0 Å². The van der Waals surface area contributed by atoms with Crippen LogP contribution in [-0.4, -0.2) is 21.9 Å². The molecule has 0 aliphatic heterocycles. The van der Waals surface area contributed by atoms with Crippen molar-refractivity contribution >= 4 is 23.3 Å². The smallest absolute Gasteiger partial charge is 0.335 e. The Kier molecular flexibility index (Phi) is 4.47. The van der Waals surface area contributed by atoms with Crippen LogP contribution in [0, 0.1) is 10.1 Å². The van der Waals surface area contributed by atoms with Gasteiger partial charge in [-0.1, -0.05) is 12.1 Å². The third kappa shape index (κ3) is 3.89. The highest BCUT2D eigenvalue weighted by Crippen LogP contribution is 2.14. The number of carboxylic acids is 1. The van der Waals surface area contributed by atoms with E-state index in [4.69, 9.17) is 5.11 Å². The number of hydrogen-bond donors (Lipinski definition) is 2. The molecule has 2 rings (SSSR count). The summed E-state index contributed by atoms with van der Waals surface area (Å²) in [6, 6.07) is 11.5. The molecule has 0 aliphatic carbocycles. The number of carboxylic acid groups (broad SMARTS) is 1. The Morgan fingerprint density at radius 3 is 2.14 bits per heavy atom. The van der Waals surface area contributed by atoms with Crippen LogP contribution in [0.4, 0.5) is 11.4 Å². The molecule has 0 atom stereocenters. The van der Waals surface area contributed by atoms with Crippen molar-refractivity contribution in [3.63, 3.8) is 0 Å². The fourth-order valence-corrected chi connectivity index (χ4v) is 1.82. The molecule has 0 aromatic heterocycles. The summed E-state index contributed by atoms with van der Waals surface area (Å²) in [5.74, 6) is -1.33. The average Bonchev–Trinajstić information content (AvgIpc) is 2.48. The van der Waals surface area contributed by atoms with Crippen LogP contribution in [0.25, 0.3) is 0 Å². The Balaban J connectivity index is 1.97. The molecule has 0 saturated carbocycles. The van der Waals surface area contributed by atoms with Gasteiger partial charge in [0.05, 0.1) is 16.9 Å². The maximum atomic E-state index is 11.9. The van der Waals surface area contributed by atoms with Gasteiger partial charge in [0.1, 0.15) is 0 Å². The number of hydrogen-bond acceptors (Lipinski definition) is 4. The molecule has 1 amide bonds. The molecule has 22 heavy (non-hydrogen) atoms. The molecule has 2 N–H and O–H groups in total. The van der Waals surface area contributed by atoms with Gasteiger partial charge in [-0.25, -0.2) is 4.79 Å². The number of nitrogens with zero attached hydrogens (tertiary/aromatic N) is 1. The number of rotatable bonds is 5. The molecular formula is C15H12N2O5. The van der Waals surface area contributed by atoms with E-state index in [-0.39, 0.29) is 23.6 Å². The van der Waals surface area contributed by atoms with Crippen LogP contribution in [-0.2, 0) is 11.2 Å². The van der Waals surface area contributed by atoms with Crippen LogP contribution < -0.4 is 5.32 Å². The van der Waals surface area contributed by atoms with Crippen molar-refractivity contribution in [1.29, 1.82) is 0 Å². The van der Waals surface area contributed by atoms with Crippen molar-refractivity contribution in [2.75, 3.05) is 5.32 Å². The van der Waals surface area contributed by atoms with Gasteiger partial charge >= 0.3 is 5.97 Å². The molecule has 0 heterocycles. The second-order valence-electron chi connectivity index (χ2n) is 4.53. The number of nitrogens with one attached hydrogen (secondary N) is 1. The topological polar surface area (TPSA) is 110 Å². The lowest BCUT2D eigenvalue weighted by atomic mass is 10.1. The van der Waals surface area contributed by atoms with Crippen molar-refractivity contribution < 1.29 is 19.6 Å². The summed E-state index contributed by atoms with van der Waals surface area (Å²) in [6.07, 6.45) is 0.0681. The van der Waals surface area contributed by atoms with Gasteiger partial charge in [-0.15, -0.1) is 0 Å². The minimum Gasteiger partial charge on any atom is -0.478 e. The molecule has 0 unspecified atom stereocenters. The quantitative estimate of drug-likeness (QED) is 0.651. The predicted molar refractivity (Wildman–Crippen MR) is 78.8 cm³/mol. The summed E-state index contributed by atoms with van der Waals surface area (Å²) in [5.41, 5.74) is 1.23. The minimum absolute atomic E-state index is 0.0339. The van der Waals surface area contributed by atoms with Gasteiger partial charge in [-0.05, 0) is 29.8 Å². The van der Waals surface area contributed by atoms with Crippen LogP contribution in [0.2, 0.25) is 0 Å². The first kappa shape index (κ1) is 15.2. The second kappa shape index (κ2) is 6.49.